The molecule has 1 aromatic heterocycles. The average Bonchev–Trinajstić information content (AvgIpc) is 3.34. The van der Waals surface area contributed by atoms with Crippen LogP contribution in [0.5, 0.6) is 0 Å². The second kappa shape index (κ2) is 7.94. The van der Waals surface area contributed by atoms with E-state index in [4.69, 9.17) is 4.74 Å². The molecular formula is C21H28N4O4S. The predicted octanol–water partition coefficient (Wildman–Crippen LogP) is 3.56. The number of sulfone groups is 1. The summed E-state index contributed by atoms with van der Waals surface area (Å²) < 4.78 is 29.5. The van der Waals surface area contributed by atoms with Gasteiger partial charge in [-0.25, -0.2) is 13.2 Å². The molecule has 0 radical (unpaired) electrons. The van der Waals surface area contributed by atoms with Gasteiger partial charge >= 0.3 is 6.09 Å². The fourth-order valence-corrected chi connectivity index (χ4v) is 5.85. The molecule has 2 unspecified atom stereocenters. The van der Waals surface area contributed by atoms with Gasteiger partial charge in [-0.3, -0.25) is 5.10 Å². The minimum Gasteiger partial charge on any atom is -0.446 e. The van der Waals surface area contributed by atoms with Crippen LogP contribution in [-0.4, -0.2) is 42.6 Å². The van der Waals surface area contributed by atoms with Crippen LogP contribution in [0.4, 0.5) is 16.3 Å². The van der Waals surface area contributed by atoms with Crippen LogP contribution in [-0.2, 0) is 21.0 Å². The largest absolute Gasteiger partial charge is 0.446 e. The highest BCUT2D eigenvalue weighted by atomic mass is 32.2. The van der Waals surface area contributed by atoms with E-state index < -0.39 is 9.84 Å². The molecular weight excluding hydrogens is 404 g/mol. The minimum absolute atomic E-state index is 0.0532. The van der Waals surface area contributed by atoms with E-state index in [-0.39, 0.29) is 29.9 Å². The molecule has 162 valence electrons. The SMILES string of the molecule is Cc1c(Nc2ccc3c(c2)CCS3(=O)=O)n[nH]c1C1CCC(OC(=O)NC(C)C)C1. The Morgan fingerprint density at radius 3 is 2.87 bits per heavy atom. The van der Waals surface area contributed by atoms with Gasteiger partial charge in [-0.05, 0) is 70.2 Å². The number of rotatable bonds is 5. The maximum atomic E-state index is 12.0. The molecule has 30 heavy (non-hydrogen) atoms. The zero-order valence-electron chi connectivity index (χ0n) is 17.5. The number of nitrogens with one attached hydrogen (secondary N) is 3. The molecule has 2 heterocycles. The van der Waals surface area contributed by atoms with Crippen LogP contribution >= 0.6 is 0 Å². The van der Waals surface area contributed by atoms with Gasteiger partial charge in [0.15, 0.2) is 15.7 Å². The van der Waals surface area contributed by atoms with E-state index in [1.54, 1.807) is 12.1 Å². The van der Waals surface area contributed by atoms with Gasteiger partial charge in [0, 0.05) is 28.9 Å². The van der Waals surface area contributed by atoms with Crippen molar-refractivity contribution < 1.29 is 17.9 Å². The number of H-pyrrole nitrogens is 1. The highest BCUT2D eigenvalue weighted by molar-refractivity contribution is 7.91. The summed E-state index contributed by atoms with van der Waals surface area (Å²) in [5, 5.41) is 13.6. The Morgan fingerprint density at radius 2 is 2.10 bits per heavy atom. The van der Waals surface area contributed by atoms with Gasteiger partial charge in [0.25, 0.3) is 0 Å². The summed E-state index contributed by atoms with van der Waals surface area (Å²) in [5.41, 5.74) is 3.76. The van der Waals surface area contributed by atoms with Crippen molar-refractivity contribution in [1.29, 1.82) is 0 Å². The molecule has 1 fully saturated rings. The number of carbonyl (C=O) groups excluding carboxylic acids is 1. The third-order valence-corrected chi connectivity index (χ3v) is 7.63. The van der Waals surface area contributed by atoms with Crippen molar-refractivity contribution in [2.75, 3.05) is 11.1 Å². The van der Waals surface area contributed by atoms with Crippen LogP contribution in [0.1, 0.15) is 55.8 Å². The molecule has 4 rings (SSSR count). The molecule has 1 aliphatic carbocycles. The summed E-state index contributed by atoms with van der Waals surface area (Å²) in [5.74, 6) is 1.17. The molecule has 1 saturated carbocycles. The molecule has 1 aromatic carbocycles. The van der Waals surface area contributed by atoms with E-state index in [2.05, 4.69) is 20.8 Å². The number of carbonyl (C=O) groups is 1. The number of benzene rings is 1. The molecule has 2 aliphatic rings. The fraction of sp³-hybridized carbons (Fsp3) is 0.524. The number of anilines is 2. The number of hydrogen-bond donors (Lipinski definition) is 3. The van der Waals surface area contributed by atoms with Gasteiger partial charge in [-0.15, -0.1) is 0 Å². The lowest BCUT2D eigenvalue weighted by Gasteiger charge is -2.15. The number of nitrogens with zero attached hydrogens (tertiary/aromatic N) is 1. The number of amides is 1. The first-order valence-corrected chi connectivity index (χ1v) is 12.0. The number of aryl methyl sites for hydroxylation is 1. The summed E-state index contributed by atoms with van der Waals surface area (Å²) in [7, 11) is -3.12. The normalized spacial score (nSPS) is 22.1. The lowest BCUT2D eigenvalue weighted by atomic mass is 10.0. The van der Waals surface area contributed by atoms with Gasteiger partial charge in [0.2, 0.25) is 0 Å². The fourth-order valence-electron chi connectivity index (χ4n) is 4.31. The van der Waals surface area contributed by atoms with Crippen molar-refractivity contribution in [1.82, 2.24) is 15.5 Å². The van der Waals surface area contributed by atoms with Crippen LogP contribution in [0, 0.1) is 6.92 Å². The molecule has 0 spiro atoms. The minimum atomic E-state index is -3.12. The van der Waals surface area contributed by atoms with E-state index in [9.17, 15) is 13.2 Å². The van der Waals surface area contributed by atoms with Crippen molar-refractivity contribution >= 4 is 27.4 Å². The summed E-state index contributed by atoms with van der Waals surface area (Å²) in [6, 6.07) is 5.39. The van der Waals surface area contributed by atoms with Crippen LogP contribution in [0.15, 0.2) is 23.1 Å². The molecule has 1 amide bonds. The maximum Gasteiger partial charge on any atom is 0.407 e. The average molecular weight is 433 g/mol. The third kappa shape index (κ3) is 4.16. The van der Waals surface area contributed by atoms with Gasteiger partial charge in [-0.1, -0.05) is 0 Å². The molecule has 0 saturated heterocycles. The molecule has 8 nitrogen and oxygen atoms in total. The van der Waals surface area contributed by atoms with Crippen LogP contribution in [0.25, 0.3) is 0 Å². The second-order valence-electron chi connectivity index (χ2n) is 8.46. The second-order valence-corrected chi connectivity index (χ2v) is 10.5. The monoisotopic (exact) mass is 432 g/mol. The Hall–Kier alpha value is -2.55. The first-order chi connectivity index (χ1) is 14.2. The van der Waals surface area contributed by atoms with E-state index in [0.717, 1.165) is 47.6 Å². The number of hydrogen-bond acceptors (Lipinski definition) is 6. The van der Waals surface area contributed by atoms with Crippen molar-refractivity contribution in [3.05, 3.63) is 35.0 Å². The number of aromatic nitrogens is 2. The summed E-state index contributed by atoms with van der Waals surface area (Å²) in [6.45, 7) is 5.82. The Morgan fingerprint density at radius 1 is 1.30 bits per heavy atom. The van der Waals surface area contributed by atoms with Crippen LogP contribution in [0.3, 0.4) is 0 Å². The van der Waals surface area contributed by atoms with Crippen molar-refractivity contribution in [3.63, 3.8) is 0 Å². The van der Waals surface area contributed by atoms with Gasteiger partial charge in [-0.2, -0.15) is 5.10 Å². The highest BCUT2D eigenvalue weighted by Gasteiger charge is 2.31. The van der Waals surface area contributed by atoms with Gasteiger partial charge in [0.05, 0.1) is 10.6 Å². The van der Waals surface area contributed by atoms with Crippen molar-refractivity contribution in [3.8, 4) is 0 Å². The Bertz CT molecular complexity index is 1060. The number of ether oxygens (including phenoxy) is 1. The van der Waals surface area contributed by atoms with Crippen molar-refractivity contribution in [2.45, 2.75) is 69.4 Å². The molecule has 3 N–H and O–H groups in total. The quantitative estimate of drug-likeness (QED) is 0.666. The summed E-state index contributed by atoms with van der Waals surface area (Å²) in [6.07, 6.45) is 2.62. The molecule has 0 bridgehead atoms. The zero-order valence-corrected chi connectivity index (χ0v) is 18.3. The van der Waals surface area contributed by atoms with E-state index in [1.165, 1.54) is 0 Å². The molecule has 2 aromatic rings. The Kier molecular flexibility index (Phi) is 5.48. The van der Waals surface area contributed by atoms with Crippen molar-refractivity contribution in [2.24, 2.45) is 0 Å². The Labute approximate surface area is 176 Å². The zero-order chi connectivity index (χ0) is 21.5. The van der Waals surface area contributed by atoms with E-state index in [0.29, 0.717) is 11.3 Å². The smallest absolute Gasteiger partial charge is 0.407 e. The van der Waals surface area contributed by atoms with Crippen LogP contribution < -0.4 is 10.6 Å². The summed E-state index contributed by atoms with van der Waals surface area (Å²) >= 11 is 0. The predicted molar refractivity (Wildman–Crippen MR) is 114 cm³/mol. The third-order valence-electron chi connectivity index (χ3n) is 5.82. The van der Waals surface area contributed by atoms with Crippen LogP contribution in [0.2, 0.25) is 0 Å². The van der Waals surface area contributed by atoms with Gasteiger partial charge < -0.3 is 15.4 Å². The van der Waals surface area contributed by atoms with E-state index >= 15 is 0 Å². The number of alkyl carbamates (subject to hydrolysis) is 1. The summed E-state index contributed by atoms with van der Waals surface area (Å²) in [4.78, 5) is 12.3. The standard InChI is InChI=1S/C21H28N4O4S/c1-12(2)22-21(26)29-17-6-4-15(11-17)19-13(3)20(25-24-19)23-16-5-7-18-14(10-16)8-9-30(18,27)28/h5,7,10,12,15,17H,4,6,8-9,11H2,1-3H3,(H,22,26)(H2,23,24,25). The number of fused-ring (bicyclic) bond motifs is 1. The lowest BCUT2D eigenvalue weighted by molar-refractivity contribution is 0.0981. The maximum absolute atomic E-state index is 12.0. The molecule has 1 aliphatic heterocycles. The highest BCUT2D eigenvalue weighted by Crippen LogP contribution is 2.38. The number of aromatic amines is 1. The lowest BCUT2D eigenvalue weighted by Crippen LogP contribution is -2.33. The molecule has 2 atom stereocenters. The first-order valence-electron chi connectivity index (χ1n) is 10.4. The molecule has 9 heteroatoms. The topological polar surface area (TPSA) is 113 Å². The Balaban J connectivity index is 1.42. The van der Waals surface area contributed by atoms with Gasteiger partial charge in [0.1, 0.15) is 6.10 Å². The first kappa shape index (κ1) is 20.7. The van der Waals surface area contributed by atoms with E-state index in [1.807, 2.05) is 26.8 Å².